The topological polar surface area (TPSA) is 63.2 Å². The van der Waals surface area contributed by atoms with Gasteiger partial charge in [0.25, 0.3) is 0 Å². The first-order valence-corrected chi connectivity index (χ1v) is 6.28. The molecule has 0 heterocycles. The highest BCUT2D eigenvalue weighted by Gasteiger charge is 2.32. The number of amides is 1. The third-order valence-electron chi connectivity index (χ3n) is 2.67. The van der Waals surface area contributed by atoms with Crippen LogP contribution in [0, 0.1) is 0 Å². The van der Waals surface area contributed by atoms with Crippen molar-refractivity contribution in [3.63, 3.8) is 0 Å². The van der Waals surface area contributed by atoms with Crippen molar-refractivity contribution in [1.82, 2.24) is 5.32 Å². The summed E-state index contributed by atoms with van der Waals surface area (Å²) in [6.45, 7) is 1.45. The number of halogens is 2. The van der Waals surface area contributed by atoms with E-state index in [0.29, 0.717) is 0 Å². The molecule has 4 nitrogen and oxygen atoms in total. The highest BCUT2D eigenvalue weighted by molar-refractivity contribution is 6.50. The van der Waals surface area contributed by atoms with Gasteiger partial charge in [0.05, 0.1) is 0 Å². The normalized spacial score (nSPS) is 16.2. The van der Waals surface area contributed by atoms with Crippen molar-refractivity contribution in [2.45, 2.75) is 12.3 Å². The molecule has 1 aromatic carbocycles. The van der Waals surface area contributed by atoms with Crippen molar-refractivity contribution in [2.24, 2.45) is 0 Å². The molecule has 1 aliphatic carbocycles. The third kappa shape index (κ3) is 2.41. The average molecular weight is 298 g/mol. The van der Waals surface area contributed by atoms with Crippen LogP contribution in [-0.4, -0.2) is 22.9 Å². The Morgan fingerprint density at radius 3 is 2.21 bits per heavy atom. The number of rotatable bonds is 2. The van der Waals surface area contributed by atoms with Crippen molar-refractivity contribution in [3.8, 4) is 0 Å². The molecule has 0 aliphatic heterocycles. The lowest BCUT2D eigenvalue weighted by atomic mass is 9.92. The highest BCUT2D eigenvalue weighted by atomic mass is 35.5. The number of ketones is 2. The van der Waals surface area contributed by atoms with Gasteiger partial charge in [0.2, 0.25) is 17.5 Å². The van der Waals surface area contributed by atoms with E-state index in [1.165, 1.54) is 19.1 Å². The van der Waals surface area contributed by atoms with Gasteiger partial charge in [-0.05, 0) is 6.92 Å². The van der Waals surface area contributed by atoms with Gasteiger partial charge in [0.15, 0.2) is 0 Å². The lowest BCUT2D eigenvalue weighted by Gasteiger charge is -2.18. The Labute approximate surface area is 119 Å². The quantitative estimate of drug-likeness (QED) is 0.852. The van der Waals surface area contributed by atoms with E-state index in [1.54, 1.807) is 12.1 Å². The van der Waals surface area contributed by atoms with Gasteiger partial charge in [-0.1, -0.05) is 35.9 Å². The van der Waals surface area contributed by atoms with E-state index in [-0.39, 0.29) is 21.9 Å². The second-order valence-electron chi connectivity index (χ2n) is 4.00. The van der Waals surface area contributed by atoms with Gasteiger partial charge in [-0.15, -0.1) is 11.6 Å². The monoisotopic (exact) mass is 297 g/mol. The van der Waals surface area contributed by atoms with E-state index in [2.05, 4.69) is 5.32 Å². The van der Waals surface area contributed by atoms with E-state index >= 15 is 0 Å². The lowest BCUT2D eigenvalue weighted by Crippen LogP contribution is -2.36. The number of alkyl halides is 1. The fourth-order valence-electron chi connectivity index (χ4n) is 1.68. The number of hydrogen-bond donors (Lipinski definition) is 1. The molecule has 1 atom stereocenters. The molecule has 1 aromatic rings. The maximum Gasteiger partial charge on any atom is 0.242 e. The first-order valence-electron chi connectivity index (χ1n) is 5.46. The first kappa shape index (κ1) is 13.8. The van der Waals surface area contributed by atoms with E-state index in [9.17, 15) is 14.4 Å². The number of hydrogen-bond acceptors (Lipinski definition) is 3. The summed E-state index contributed by atoms with van der Waals surface area (Å²) in [5, 5.41) is 1.16. The lowest BCUT2D eigenvalue weighted by molar-refractivity contribution is -0.119. The molecule has 0 spiro atoms. The van der Waals surface area contributed by atoms with Crippen LogP contribution < -0.4 is 5.32 Å². The Hall–Kier alpha value is -1.65. The minimum Gasteiger partial charge on any atom is -0.320 e. The summed E-state index contributed by atoms with van der Waals surface area (Å²) in [7, 11) is 0. The van der Waals surface area contributed by atoms with Crippen LogP contribution in [0.5, 0.6) is 0 Å². The van der Waals surface area contributed by atoms with Crippen LogP contribution in [0.15, 0.2) is 35.0 Å². The Morgan fingerprint density at radius 2 is 1.68 bits per heavy atom. The van der Waals surface area contributed by atoms with Gasteiger partial charge in [0.1, 0.15) is 16.1 Å². The van der Waals surface area contributed by atoms with Crippen molar-refractivity contribution in [2.75, 3.05) is 0 Å². The maximum absolute atomic E-state index is 12.2. The molecule has 0 bridgehead atoms. The molecule has 0 aromatic heterocycles. The predicted molar refractivity (Wildman–Crippen MR) is 71.4 cm³/mol. The summed E-state index contributed by atoms with van der Waals surface area (Å²) in [5.74, 6) is -1.57. The third-order valence-corrected chi connectivity index (χ3v) is 3.23. The van der Waals surface area contributed by atoms with Crippen molar-refractivity contribution in [1.29, 1.82) is 0 Å². The Balaban J connectivity index is 2.46. The van der Waals surface area contributed by atoms with Crippen molar-refractivity contribution < 1.29 is 14.4 Å². The fraction of sp³-hybridized carbons (Fsp3) is 0.154. The van der Waals surface area contributed by atoms with Crippen LogP contribution in [0.4, 0.5) is 0 Å². The van der Waals surface area contributed by atoms with Crippen LogP contribution in [0.25, 0.3) is 0 Å². The van der Waals surface area contributed by atoms with Gasteiger partial charge < -0.3 is 5.32 Å². The standard InChI is InChI=1S/C13H9Cl2NO3/c1-6(14)13(19)16-10-9(15)11(17)7-4-2-3-5-8(7)12(10)18/h2-6H,1H3,(H,16,19). The molecule has 0 radical (unpaired) electrons. The van der Waals surface area contributed by atoms with Gasteiger partial charge in [-0.25, -0.2) is 0 Å². The number of allylic oxidation sites excluding steroid dienone is 2. The zero-order chi connectivity index (χ0) is 14.2. The van der Waals surface area contributed by atoms with E-state index in [4.69, 9.17) is 23.2 Å². The second-order valence-corrected chi connectivity index (χ2v) is 5.03. The predicted octanol–water partition coefficient (Wildman–Crippen LogP) is 2.26. The van der Waals surface area contributed by atoms with Crippen molar-refractivity contribution >= 4 is 40.7 Å². The van der Waals surface area contributed by atoms with E-state index in [0.717, 1.165) is 0 Å². The first-order chi connectivity index (χ1) is 8.93. The number of benzene rings is 1. The van der Waals surface area contributed by atoms with E-state index in [1.807, 2.05) is 0 Å². The van der Waals surface area contributed by atoms with Gasteiger partial charge >= 0.3 is 0 Å². The number of nitrogens with one attached hydrogen (secondary N) is 1. The number of carbonyl (C=O) groups is 3. The summed E-state index contributed by atoms with van der Waals surface area (Å²) >= 11 is 11.5. The minimum atomic E-state index is -0.836. The fourth-order valence-corrected chi connectivity index (χ4v) is 1.97. The molecule has 1 unspecified atom stereocenters. The SMILES string of the molecule is CC(Cl)C(=O)NC1=C(Cl)C(=O)c2ccccc2C1=O. The zero-order valence-corrected chi connectivity index (χ0v) is 11.4. The van der Waals surface area contributed by atoms with Crippen LogP contribution in [0.3, 0.4) is 0 Å². The van der Waals surface area contributed by atoms with Crippen LogP contribution in [-0.2, 0) is 4.79 Å². The molecule has 0 saturated carbocycles. The Bertz CT molecular complexity index is 620. The molecule has 0 fully saturated rings. The zero-order valence-electron chi connectivity index (χ0n) is 9.87. The Kier molecular flexibility index (Phi) is 3.73. The minimum absolute atomic E-state index is 0.217. The summed E-state index contributed by atoms with van der Waals surface area (Å²) in [5.41, 5.74) is 0.228. The van der Waals surface area contributed by atoms with Gasteiger partial charge in [0, 0.05) is 11.1 Å². The molecule has 1 amide bonds. The molecular weight excluding hydrogens is 289 g/mol. The van der Waals surface area contributed by atoms with Crippen LogP contribution >= 0.6 is 23.2 Å². The molecule has 6 heteroatoms. The molecule has 1 aliphatic rings. The molecule has 2 rings (SSSR count). The largest absolute Gasteiger partial charge is 0.320 e. The molecular formula is C13H9Cl2NO3. The highest BCUT2D eigenvalue weighted by Crippen LogP contribution is 2.27. The van der Waals surface area contributed by atoms with Crippen LogP contribution in [0.1, 0.15) is 27.6 Å². The van der Waals surface area contributed by atoms with Crippen molar-refractivity contribution in [3.05, 3.63) is 46.1 Å². The maximum atomic E-state index is 12.2. The number of fused-ring (bicyclic) bond motifs is 1. The molecule has 1 N–H and O–H groups in total. The summed E-state index contributed by atoms with van der Waals surface area (Å²) in [4.78, 5) is 35.7. The summed E-state index contributed by atoms with van der Waals surface area (Å²) in [6, 6.07) is 6.29. The van der Waals surface area contributed by atoms with E-state index < -0.39 is 22.9 Å². The molecule has 0 saturated heterocycles. The Morgan fingerprint density at radius 1 is 1.16 bits per heavy atom. The second kappa shape index (κ2) is 5.15. The summed E-state index contributed by atoms with van der Waals surface area (Å²) in [6.07, 6.45) is 0. The molecule has 19 heavy (non-hydrogen) atoms. The summed E-state index contributed by atoms with van der Waals surface area (Å²) < 4.78 is 0. The van der Waals surface area contributed by atoms with Gasteiger partial charge in [-0.2, -0.15) is 0 Å². The smallest absolute Gasteiger partial charge is 0.242 e. The molecule has 98 valence electrons. The van der Waals surface area contributed by atoms with Gasteiger partial charge in [-0.3, -0.25) is 14.4 Å². The average Bonchev–Trinajstić information content (AvgIpc) is 2.40. The van der Waals surface area contributed by atoms with Crippen LogP contribution in [0.2, 0.25) is 0 Å². The number of Topliss-reactive ketones (excluding diaryl/α,β-unsaturated/α-hetero) is 2. The number of carbonyl (C=O) groups excluding carboxylic acids is 3.